The number of aromatic nitrogens is 2. The highest BCUT2D eigenvalue weighted by molar-refractivity contribution is 5.96. The maximum absolute atomic E-state index is 10.6. The molecule has 1 saturated heterocycles. The number of hydrogen-bond donors (Lipinski definition) is 1. The quantitative estimate of drug-likeness (QED) is 0.589. The highest BCUT2D eigenvalue weighted by Gasteiger charge is 2.15. The van der Waals surface area contributed by atoms with Crippen LogP contribution in [0.1, 0.15) is 32.8 Å². The fourth-order valence-electron chi connectivity index (χ4n) is 4.04. The van der Waals surface area contributed by atoms with Gasteiger partial charge in [-0.05, 0) is 26.8 Å². The minimum Gasteiger partial charge on any atom is -0.373 e. The predicted molar refractivity (Wildman–Crippen MR) is 128 cm³/mol. The minimum absolute atomic E-state index is 0.611. The Hall–Kier alpha value is -2.93. The SMILES string of the molecule is C=C(c1cccc2c(N/C(C)=C/N3CCN(CCC=O)CC3)ncnc12)N(CC)CC. The lowest BCUT2D eigenvalue weighted by molar-refractivity contribution is -0.108. The molecule has 0 radical (unpaired) electrons. The van der Waals surface area contributed by atoms with Crippen LogP contribution in [0, 0.1) is 0 Å². The normalized spacial score (nSPS) is 15.2. The van der Waals surface area contributed by atoms with E-state index >= 15 is 0 Å². The van der Waals surface area contributed by atoms with Crippen molar-refractivity contribution in [2.24, 2.45) is 0 Å². The van der Waals surface area contributed by atoms with Gasteiger partial charge in [0.2, 0.25) is 0 Å². The third-order valence-corrected chi connectivity index (χ3v) is 5.78. The van der Waals surface area contributed by atoms with Crippen molar-refractivity contribution < 1.29 is 4.79 Å². The molecule has 31 heavy (non-hydrogen) atoms. The maximum Gasteiger partial charge on any atom is 0.141 e. The van der Waals surface area contributed by atoms with E-state index in [1.54, 1.807) is 6.33 Å². The van der Waals surface area contributed by atoms with E-state index in [1.807, 2.05) is 6.07 Å². The van der Waals surface area contributed by atoms with Crippen molar-refractivity contribution in [1.29, 1.82) is 0 Å². The number of hydrogen-bond acceptors (Lipinski definition) is 7. The van der Waals surface area contributed by atoms with Crippen molar-refractivity contribution in [3.8, 4) is 0 Å². The van der Waals surface area contributed by atoms with Gasteiger partial charge in [0, 0.05) is 80.8 Å². The lowest BCUT2D eigenvalue weighted by Gasteiger charge is -2.34. The minimum atomic E-state index is 0.611. The van der Waals surface area contributed by atoms with Crippen molar-refractivity contribution in [1.82, 2.24) is 24.7 Å². The largest absolute Gasteiger partial charge is 0.373 e. The molecule has 1 aliphatic rings. The molecule has 0 bridgehead atoms. The summed E-state index contributed by atoms with van der Waals surface area (Å²) in [5.41, 5.74) is 3.97. The predicted octanol–water partition coefficient (Wildman–Crippen LogP) is 3.42. The Balaban J connectivity index is 1.75. The summed E-state index contributed by atoms with van der Waals surface area (Å²) in [6.07, 6.45) is 5.38. The van der Waals surface area contributed by atoms with Crippen molar-refractivity contribution >= 4 is 28.7 Å². The summed E-state index contributed by atoms with van der Waals surface area (Å²) in [5.74, 6) is 0.803. The zero-order chi connectivity index (χ0) is 22.2. The highest BCUT2D eigenvalue weighted by atomic mass is 16.1. The summed E-state index contributed by atoms with van der Waals surface area (Å²) in [5, 5.41) is 4.45. The first-order valence-corrected chi connectivity index (χ1v) is 11.1. The first-order valence-electron chi connectivity index (χ1n) is 11.1. The zero-order valence-electron chi connectivity index (χ0n) is 19.0. The van der Waals surface area contributed by atoms with E-state index in [1.165, 1.54) is 0 Å². The van der Waals surface area contributed by atoms with E-state index in [0.717, 1.165) is 85.8 Å². The molecule has 0 unspecified atom stereocenters. The fraction of sp³-hybridized carbons (Fsp3) is 0.458. The van der Waals surface area contributed by atoms with Gasteiger partial charge in [-0.25, -0.2) is 9.97 Å². The molecule has 2 heterocycles. The Kier molecular flexibility index (Phi) is 8.00. The number of carbonyl (C=O) groups excluding carboxylic acids is 1. The number of anilines is 1. The monoisotopic (exact) mass is 422 g/mol. The number of aldehydes is 1. The van der Waals surface area contributed by atoms with Gasteiger partial charge >= 0.3 is 0 Å². The van der Waals surface area contributed by atoms with Crippen LogP contribution in [0.25, 0.3) is 16.6 Å². The molecule has 166 valence electrons. The first kappa shape index (κ1) is 22.7. The molecular formula is C24H34N6O. The zero-order valence-corrected chi connectivity index (χ0v) is 19.0. The van der Waals surface area contributed by atoms with E-state index in [9.17, 15) is 4.79 Å². The molecule has 0 amide bonds. The maximum atomic E-state index is 10.6. The van der Waals surface area contributed by atoms with Gasteiger partial charge < -0.3 is 19.9 Å². The van der Waals surface area contributed by atoms with Gasteiger partial charge in [0.15, 0.2) is 0 Å². The molecule has 3 rings (SSSR count). The molecule has 1 aliphatic heterocycles. The molecule has 7 nitrogen and oxygen atoms in total. The molecule has 7 heteroatoms. The van der Waals surface area contributed by atoms with Crippen LogP contribution in [0.15, 0.2) is 43.0 Å². The van der Waals surface area contributed by atoms with Crippen LogP contribution in [0.3, 0.4) is 0 Å². The van der Waals surface area contributed by atoms with E-state index < -0.39 is 0 Å². The average Bonchev–Trinajstić information content (AvgIpc) is 2.79. The topological polar surface area (TPSA) is 64.6 Å². The number of fused-ring (bicyclic) bond motifs is 1. The molecule has 1 aromatic heterocycles. The molecule has 0 spiro atoms. The van der Waals surface area contributed by atoms with E-state index in [2.05, 4.69) is 75.7 Å². The van der Waals surface area contributed by atoms with Gasteiger partial charge in [-0.15, -0.1) is 0 Å². The molecule has 0 atom stereocenters. The van der Waals surface area contributed by atoms with Gasteiger partial charge in [-0.3, -0.25) is 4.90 Å². The summed E-state index contributed by atoms with van der Waals surface area (Å²) in [4.78, 5) is 26.5. The number of nitrogens with zero attached hydrogens (tertiary/aromatic N) is 5. The van der Waals surface area contributed by atoms with Gasteiger partial charge in [0.25, 0.3) is 0 Å². The van der Waals surface area contributed by atoms with Crippen molar-refractivity contribution in [2.75, 3.05) is 51.1 Å². The van der Waals surface area contributed by atoms with E-state index in [-0.39, 0.29) is 0 Å². The molecular weight excluding hydrogens is 388 g/mol. The lowest BCUT2D eigenvalue weighted by atomic mass is 10.1. The van der Waals surface area contributed by atoms with Crippen molar-refractivity contribution in [3.63, 3.8) is 0 Å². The third-order valence-electron chi connectivity index (χ3n) is 5.78. The van der Waals surface area contributed by atoms with Crippen molar-refractivity contribution in [3.05, 3.63) is 48.6 Å². The summed E-state index contributed by atoms with van der Waals surface area (Å²) in [6, 6.07) is 6.17. The van der Waals surface area contributed by atoms with Crippen LogP contribution in [-0.2, 0) is 4.79 Å². The summed E-state index contributed by atoms with van der Waals surface area (Å²) >= 11 is 0. The number of rotatable bonds is 10. The van der Waals surface area contributed by atoms with Crippen LogP contribution in [-0.4, -0.2) is 76.8 Å². The molecule has 1 N–H and O–H groups in total. The van der Waals surface area contributed by atoms with Crippen LogP contribution in [0.2, 0.25) is 0 Å². The van der Waals surface area contributed by atoms with Crippen LogP contribution >= 0.6 is 0 Å². The standard InChI is InChI=1S/C24H34N6O/c1-5-30(6-2)20(4)21-9-7-10-22-23(21)25-18-26-24(22)27-19(3)17-29-14-12-28(13-15-29)11-8-16-31/h7,9-10,16-18H,4-6,8,11-15H2,1-3H3,(H,25,26,27)/b19-17+. The molecule has 1 fully saturated rings. The first-order chi connectivity index (χ1) is 15.1. The Morgan fingerprint density at radius 3 is 2.61 bits per heavy atom. The third kappa shape index (κ3) is 5.61. The van der Waals surface area contributed by atoms with Gasteiger partial charge in [0.05, 0.1) is 5.52 Å². The molecule has 0 aliphatic carbocycles. The van der Waals surface area contributed by atoms with E-state index in [0.29, 0.717) is 6.42 Å². The molecule has 0 saturated carbocycles. The Labute approximate surface area is 185 Å². The van der Waals surface area contributed by atoms with E-state index in [4.69, 9.17) is 0 Å². The van der Waals surface area contributed by atoms with Gasteiger partial charge in [0.1, 0.15) is 18.4 Å². The molecule has 1 aromatic carbocycles. The second kappa shape index (κ2) is 10.9. The number of benzene rings is 1. The number of allylic oxidation sites excluding steroid dienone is 1. The average molecular weight is 423 g/mol. The number of nitrogens with one attached hydrogen (secondary N) is 1. The molecule has 2 aromatic rings. The van der Waals surface area contributed by atoms with Gasteiger partial charge in [-0.2, -0.15) is 0 Å². The highest BCUT2D eigenvalue weighted by Crippen LogP contribution is 2.28. The summed E-state index contributed by atoms with van der Waals surface area (Å²) < 4.78 is 0. The summed E-state index contributed by atoms with van der Waals surface area (Å²) in [7, 11) is 0. The fourth-order valence-corrected chi connectivity index (χ4v) is 4.04. The number of para-hydroxylation sites is 1. The smallest absolute Gasteiger partial charge is 0.141 e. The number of piperazine rings is 1. The van der Waals surface area contributed by atoms with Crippen LogP contribution in [0.5, 0.6) is 0 Å². The Bertz CT molecular complexity index is 929. The van der Waals surface area contributed by atoms with Gasteiger partial charge in [-0.1, -0.05) is 18.7 Å². The second-order valence-electron chi connectivity index (χ2n) is 7.81. The Morgan fingerprint density at radius 2 is 1.94 bits per heavy atom. The Morgan fingerprint density at radius 1 is 1.19 bits per heavy atom. The van der Waals surface area contributed by atoms with Crippen LogP contribution in [0.4, 0.5) is 5.82 Å². The summed E-state index contributed by atoms with van der Waals surface area (Å²) in [6.45, 7) is 17.2. The number of carbonyl (C=O) groups is 1. The lowest BCUT2D eigenvalue weighted by Crippen LogP contribution is -2.44. The van der Waals surface area contributed by atoms with Crippen molar-refractivity contribution in [2.45, 2.75) is 27.2 Å². The second-order valence-corrected chi connectivity index (χ2v) is 7.81. The van der Waals surface area contributed by atoms with Crippen LogP contribution < -0.4 is 5.32 Å².